The minimum Gasteiger partial charge on any atom is -1.00 e. The first-order chi connectivity index (χ1) is 56.9. The summed E-state index contributed by atoms with van der Waals surface area (Å²) in [5.41, 5.74) is 23.7. The zero-order chi connectivity index (χ0) is 84.3. The molecule has 0 bridgehead atoms. The molecule has 4 aromatic heterocycles. The highest BCUT2D eigenvalue weighted by Gasteiger charge is 2.26. The van der Waals surface area contributed by atoms with Gasteiger partial charge in [-0.3, -0.25) is 51.8 Å². The molecule has 0 saturated carbocycles. The van der Waals surface area contributed by atoms with E-state index in [0.717, 1.165) is 93.6 Å². The van der Waals surface area contributed by atoms with Crippen molar-refractivity contribution in [1.29, 1.82) is 0 Å². The highest BCUT2D eigenvalue weighted by Crippen LogP contribution is 2.41. The predicted octanol–water partition coefficient (Wildman–Crippen LogP) is 21.0. The van der Waals surface area contributed by atoms with Crippen LogP contribution >= 0.6 is 43.2 Å². The molecule has 0 fully saturated rings. The zero-order valence-corrected chi connectivity index (χ0v) is 69.5. The smallest absolute Gasteiger partial charge is 0.762 e. The van der Waals surface area contributed by atoms with Crippen molar-refractivity contribution in [3.63, 3.8) is 0 Å². The van der Waals surface area contributed by atoms with Gasteiger partial charge in [0, 0.05) is 48.9 Å². The van der Waals surface area contributed by atoms with Crippen LogP contribution < -0.4 is 18.8 Å². The maximum absolute atomic E-state index is 9.67. The first-order valence-electron chi connectivity index (χ1n) is 36.7. The van der Waals surface area contributed by atoms with Crippen molar-refractivity contribution in [2.45, 2.75) is 27.7 Å². The molecule has 620 valence electrons. The molecular formula is C96H74B4Br2F16O3S. The van der Waals surface area contributed by atoms with Crippen LogP contribution in [-0.4, -0.2) is 30.2 Å². The Labute approximate surface area is 720 Å². The van der Waals surface area contributed by atoms with Crippen LogP contribution in [0, 0.1) is 27.7 Å². The van der Waals surface area contributed by atoms with E-state index < -0.39 is 30.2 Å². The van der Waals surface area contributed by atoms with E-state index >= 15 is 0 Å². The molecule has 0 radical (unpaired) electrons. The van der Waals surface area contributed by atoms with E-state index in [1.807, 2.05) is 102 Å². The van der Waals surface area contributed by atoms with Crippen LogP contribution in [0.15, 0.2) is 398 Å². The Bertz CT molecular complexity index is 5320. The van der Waals surface area contributed by atoms with Gasteiger partial charge in [-0.05, 0) is 188 Å². The third-order valence-electron chi connectivity index (χ3n) is 17.3. The Balaban J connectivity index is 0.000000270. The molecule has 16 aromatic rings. The molecule has 16 rings (SSSR count). The van der Waals surface area contributed by atoms with Crippen molar-refractivity contribution in [3.05, 3.63) is 407 Å². The summed E-state index contributed by atoms with van der Waals surface area (Å²) >= 11 is 8.84. The molecule has 4 heterocycles. The van der Waals surface area contributed by atoms with E-state index in [2.05, 4.69) is 345 Å². The van der Waals surface area contributed by atoms with Gasteiger partial charge in [0.1, 0.15) is 0 Å². The minimum absolute atomic E-state index is 0. The van der Waals surface area contributed by atoms with E-state index in [0.29, 0.717) is 0 Å². The van der Waals surface area contributed by atoms with E-state index in [1.165, 1.54) is 71.0 Å². The molecule has 3 nitrogen and oxygen atoms in total. The Morgan fingerprint density at radius 1 is 0.205 bits per heavy atom. The van der Waals surface area contributed by atoms with Crippen molar-refractivity contribution in [3.8, 4) is 133 Å². The topological polar surface area (TPSA) is 33.9 Å². The lowest BCUT2D eigenvalue weighted by molar-refractivity contribution is -0.00100. The van der Waals surface area contributed by atoms with Gasteiger partial charge in [0.2, 0.25) is 21.1 Å². The summed E-state index contributed by atoms with van der Waals surface area (Å²) in [6, 6.07) is 130. The van der Waals surface area contributed by atoms with E-state index in [9.17, 15) is 51.8 Å². The number of benzene rings is 12. The van der Waals surface area contributed by atoms with Gasteiger partial charge < -0.3 is 18.8 Å². The first-order valence-corrected chi connectivity index (χ1v) is 39.1. The second-order valence-corrected chi connectivity index (χ2v) is 28.8. The van der Waals surface area contributed by atoms with Gasteiger partial charge >= 0.3 is 64.7 Å². The summed E-state index contributed by atoms with van der Waals surface area (Å²) < 4.78 is 137. The average Bonchev–Trinajstić information content (AvgIpc) is 0.788. The molecule has 0 amide bonds. The fraction of sp³-hybridized carbons (Fsp3) is 0.0417. The lowest BCUT2D eigenvalue weighted by Gasteiger charge is -2.11. The Hall–Kier alpha value is -12.2. The number of aryl methyl sites for hydroxylation is 4. The standard InChI is InChI=1S/C26H23O.C24H18BrO.C23H16BrO.C23H17S.4BF3.4FH/c1-18-14-19(2)26(20(3)15-18)23-16-24(21-10-6-4-7-11-21)27-25(17-23)22-12-8-5-9-13-22;1-17-7-9-19(10-8-17)23-15-21(18-5-3-2-4-6-18)16-24(26-23)20-11-13-22(25)14-12-20;24-21-13-11-17(12-14-21)20-15-22(18-7-3-1-4-8-18)25-23(16-20)19-9-5-2-6-10-19;1-4-10-18(11-5-1)21-16-22(19-12-6-2-7-13-19)24-23(17-21)20-14-8-3-9-15-20;4*2-1(3)4;;;;/h4-17H,1-3H3;2-16H,1H3;1-16H;1-17H;;;;;4*1H/q4*+1;;;;;;;;/p-4. The number of hydrogen-bond acceptors (Lipinski definition) is 0. The van der Waals surface area contributed by atoms with Crippen LogP contribution in [0.5, 0.6) is 0 Å². The molecule has 0 atom stereocenters. The van der Waals surface area contributed by atoms with Crippen molar-refractivity contribution >= 4 is 73.4 Å². The molecule has 122 heavy (non-hydrogen) atoms. The first kappa shape index (κ1) is 100. The van der Waals surface area contributed by atoms with Crippen LogP contribution in [-0.2, 0) is 0 Å². The molecule has 26 heteroatoms. The second kappa shape index (κ2) is 52.1. The van der Waals surface area contributed by atoms with Crippen LogP contribution in [0.1, 0.15) is 22.3 Å². The maximum Gasteiger partial charge on any atom is 0.762 e. The molecule has 0 spiro atoms. The van der Waals surface area contributed by atoms with Crippen molar-refractivity contribution in [2.75, 3.05) is 0 Å². The molecule has 0 aliphatic heterocycles. The molecule has 0 N–H and O–H groups in total. The molecule has 0 saturated heterocycles. The van der Waals surface area contributed by atoms with Crippen LogP contribution in [0.4, 0.5) is 51.8 Å². The van der Waals surface area contributed by atoms with Gasteiger partial charge in [-0.25, -0.2) is 13.3 Å². The maximum atomic E-state index is 9.67. The van der Waals surface area contributed by atoms with E-state index in [1.54, 1.807) is 0 Å². The molecular weight excluding hydrogens is 1740 g/mol. The number of halogens is 18. The molecule has 0 aliphatic rings. The van der Waals surface area contributed by atoms with Gasteiger partial charge in [0.05, 0.1) is 69.8 Å². The van der Waals surface area contributed by atoms with Gasteiger partial charge in [-0.15, -0.1) is 0 Å². The largest absolute Gasteiger partial charge is 1.00 e. The highest BCUT2D eigenvalue weighted by atomic mass is 79.9. The summed E-state index contributed by atoms with van der Waals surface area (Å²) in [6.45, 7) is 8.61. The minimum atomic E-state index is -3.67. The quantitative estimate of drug-likeness (QED) is 0.0694. The molecule has 0 unspecified atom stereocenters. The summed E-state index contributed by atoms with van der Waals surface area (Å²) in [5, 5.41) is 0. The Morgan fingerprint density at radius 3 is 0.648 bits per heavy atom. The fourth-order valence-electron chi connectivity index (χ4n) is 12.3. The SMILES string of the molecule is Brc1ccc(-c2cc(-c3ccccc3)[o+]c(-c3ccccc3)c2)cc1.Cc1cc(C)c(-c2cc(-c3ccccc3)[o+]c(-c3ccccc3)c2)c(C)c1.Cc1ccc(-c2cc(-c3ccccc3)cc(-c3ccc(Br)cc3)[o+]2)cc1.FB(F)F.FB(F)F.FB(F)F.FB(F)F.[F-].[F-].[F-].[F-].c1ccc(-c2cc(-c3ccccc3)[s+]c(-c3ccccc3)c2)cc1. The molecule has 12 aromatic carbocycles. The van der Waals surface area contributed by atoms with Crippen molar-refractivity contribution < 1.29 is 83.9 Å². The highest BCUT2D eigenvalue weighted by molar-refractivity contribution is 9.10. The fourth-order valence-corrected chi connectivity index (χ4v) is 13.9. The lowest BCUT2D eigenvalue weighted by Crippen LogP contribution is -3.00. The van der Waals surface area contributed by atoms with Crippen molar-refractivity contribution in [2.24, 2.45) is 0 Å². The normalized spacial score (nSPS) is 9.79. The van der Waals surface area contributed by atoms with Crippen LogP contribution in [0.3, 0.4) is 0 Å². The van der Waals surface area contributed by atoms with E-state index in [-0.39, 0.29) is 18.8 Å². The van der Waals surface area contributed by atoms with Crippen molar-refractivity contribution in [1.82, 2.24) is 0 Å². The number of rotatable bonds is 12. The third-order valence-corrected chi connectivity index (χ3v) is 19.5. The molecule has 0 aliphatic carbocycles. The van der Waals surface area contributed by atoms with E-state index in [4.69, 9.17) is 13.3 Å². The van der Waals surface area contributed by atoms with Gasteiger partial charge in [-0.1, -0.05) is 249 Å². The summed E-state index contributed by atoms with van der Waals surface area (Å²) in [4.78, 5) is 2.58. The van der Waals surface area contributed by atoms with Crippen LogP contribution in [0.2, 0.25) is 0 Å². The average molecular weight is 1810 g/mol. The second-order valence-electron chi connectivity index (χ2n) is 25.9. The monoisotopic (exact) mass is 1810 g/mol. The lowest BCUT2D eigenvalue weighted by atomic mass is 9.93. The van der Waals surface area contributed by atoms with Gasteiger partial charge in [0.25, 0.3) is 0 Å². The summed E-state index contributed by atoms with van der Waals surface area (Å²) in [6.07, 6.45) is 0. The summed E-state index contributed by atoms with van der Waals surface area (Å²) in [7, 11) is -14.7. The number of hydrogen-bond donors (Lipinski definition) is 0. The van der Waals surface area contributed by atoms with Crippen LogP contribution in [0.25, 0.3) is 133 Å². The third kappa shape index (κ3) is 32.7. The summed E-state index contributed by atoms with van der Waals surface area (Å²) in [5.74, 6) is 5.20. The Kier molecular flexibility index (Phi) is 42.8. The van der Waals surface area contributed by atoms with Gasteiger partial charge in [0.15, 0.2) is 0 Å². The van der Waals surface area contributed by atoms with Gasteiger partial charge in [-0.2, -0.15) is 0 Å². The Morgan fingerprint density at radius 2 is 0.393 bits per heavy atom. The zero-order valence-electron chi connectivity index (χ0n) is 65.5. The predicted molar refractivity (Wildman–Crippen MR) is 474 cm³/mol.